The molecule has 1 heterocycles. The summed E-state index contributed by atoms with van der Waals surface area (Å²) < 4.78 is 4.59. The second-order valence-corrected chi connectivity index (χ2v) is 3.76. The van der Waals surface area contributed by atoms with Gasteiger partial charge in [-0.05, 0) is 36.4 Å². The lowest BCUT2D eigenvalue weighted by Crippen LogP contribution is -2.12. The first-order chi connectivity index (χ1) is 9.20. The molecular formula is C14H12N2O3. The van der Waals surface area contributed by atoms with Crippen LogP contribution in [0.2, 0.25) is 0 Å². The van der Waals surface area contributed by atoms with E-state index in [1.807, 2.05) is 0 Å². The molecule has 0 unspecified atom stereocenters. The molecule has 0 bridgehead atoms. The van der Waals surface area contributed by atoms with Gasteiger partial charge in [-0.1, -0.05) is 0 Å². The number of aromatic nitrogens is 1. The quantitative estimate of drug-likeness (QED) is 0.854. The maximum atomic E-state index is 11.9. The van der Waals surface area contributed by atoms with Gasteiger partial charge in [0.05, 0.1) is 12.7 Å². The van der Waals surface area contributed by atoms with E-state index in [2.05, 4.69) is 15.0 Å². The summed E-state index contributed by atoms with van der Waals surface area (Å²) in [4.78, 5) is 27.0. The van der Waals surface area contributed by atoms with Crippen LogP contribution < -0.4 is 5.32 Å². The largest absolute Gasteiger partial charge is 0.465 e. The average molecular weight is 256 g/mol. The third kappa shape index (κ3) is 3.16. The Hall–Kier alpha value is -2.69. The molecule has 19 heavy (non-hydrogen) atoms. The Labute approximate surface area is 110 Å². The van der Waals surface area contributed by atoms with Crippen LogP contribution in [0.4, 0.5) is 5.69 Å². The van der Waals surface area contributed by atoms with Crippen LogP contribution in [0.3, 0.4) is 0 Å². The van der Waals surface area contributed by atoms with Crippen LogP contribution in [-0.2, 0) is 4.74 Å². The predicted molar refractivity (Wildman–Crippen MR) is 70.0 cm³/mol. The molecule has 0 aliphatic rings. The standard InChI is InChI=1S/C14H12N2O3/c1-19-14(18)11-2-4-12(5-3-11)16-13(17)10-6-8-15-9-7-10/h2-9H,1H3,(H,16,17). The highest BCUT2D eigenvalue weighted by atomic mass is 16.5. The van der Waals surface area contributed by atoms with Gasteiger partial charge in [0.1, 0.15) is 0 Å². The molecule has 5 nitrogen and oxygen atoms in total. The number of nitrogens with zero attached hydrogens (tertiary/aromatic N) is 1. The van der Waals surface area contributed by atoms with E-state index < -0.39 is 5.97 Å². The highest BCUT2D eigenvalue weighted by Gasteiger charge is 2.07. The van der Waals surface area contributed by atoms with Gasteiger partial charge in [-0.15, -0.1) is 0 Å². The van der Waals surface area contributed by atoms with Crippen molar-refractivity contribution in [2.45, 2.75) is 0 Å². The third-order valence-electron chi connectivity index (χ3n) is 2.51. The number of nitrogens with one attached hydrogen (secondary N) is 1. The van der Waals surface area contributed by atoms with Crippen molar-refractivity contribution in [3.8, 4) is 0 Å². The zero-order valence-electron chi connectivity index (χ0n) is 10.3. The van der Waals surface area contributed by atoms with Crippen LogP contribution in [0.1, 0.15) is 20.7 Å². The first-order valence-electron chi connectivity index (χ1n) is 5.60. The minimum Gasteiger partial charge on any atom is -0.465 e. The molecule has 0 aliphatic carbocycles. The number of anilines is 1. The van der Waals surface area contributed by atoms with E-state index in [4.69, 9.17) is 0 Å². The number of ether oxygens (including phenoxy) is 1. The minimum absolute atomic E-state index is 0.229. The molecule has 1 aromatic carbocycles. The maximum absolute atomic E-state index is 11.9. The Morgan fingerprint density at radius 2 is 1.63 bits per heavy atom. The minimum atomic E-state index is -0.410. The van der Waals surface area contributed by atoms with E-state index in [0.29, 0.717) is 16.8 Å². The number of amides is 1. The Morgan fingerprint density at radius 1 is 1.00 bits per heavy atom. The van der Waals surface area contributed by atoms with Gasteiger partial charge in [-0.2, -0.15) is 0 Å². The third-order valence-corrected chi connectivity index (χ3v) is 2.51. The SMILES string of the molecule is COC(=O)c1ccc(NC(=O)c2ccncc2)cc1. The molecule has 1 N–H and O–H groups in total. The number of carbonyl (C=O) groups is 2. The smallest absolute Gasteiger partial charge is 0.337 e. The van der Waals surface area contributed by atoms with Crippen LogP contribution in [0, 0.1) is 0 Å². The Morgan fingerprint density at radius 3 is 2.21 bits per heavy atom. The number of benzene rings is 1. The lowest BCUT2D eigenvalue weighted by molar-refractivity contribution is 0.0600. The molecule has 0 fully saturated rings. The summed E-state index contributed by atoms with van der Waals surface area (Å²) in [6.45, 7) is 0. The highest BCUT2D eigenvalue weighted by molar-refractivity contribution is 6.04. The number of methoxy groups -OCH3 is 1. The number of hydrogen-bond donors (Lipinski definition) is 1. The van der Waals surface area contributed by atoms with Gasteiger partial charge >= 0.3 is 5.97 Å². The summed E-state index contributed by atoms with van der Waals surface area (Å²) in [5.74, 6) is -0.639. The fourth-order valence-corrected chi connectivity index (χ4v) is 1.51. The van der Waals surface area contributed by atoms with Gasteiger partial charge in [0.25, 0.3) is 5.91 Å². The molecule has 1 aromatic heterocycles. The maximum Gasteiger partial charge on any atom is 0.337 e. The van der Waals surface area contributed by atoms with E-state index in [-0.39, 0.29) is 5.91 Å². The van der Waals surface area contributed by atoms with E-state index in [9.17, 15) is 9.59 Å². The molecule has 0 saturated heterocycles. The first-order valence-corrected chi connectivity index (χ1v) is 5.60. The number of pyridine rings is 1. The van der Waals surface area contributed by atoms with Crippen molar-refractivity contribution < 1.29 is 14.3 Å². The Bertz CT molecular complexity index is 579. The topological polar surface area (TPSA) is 68.3 Å². The van der Waals surface area contributed by atoms with Crippen LogP contribution in [0.25, 0.3) is 0 Å². The lowest BCUT2D eigenvalue weighted by atomic mass is 10.2. The highest BCUT2D eigenvalue weighted by Crippen LogP contribution is 2.11. The average Bonchev–Trinajstić information content (AvgIpc) is 2.48. The molecule has 1 amide bonds. The normalized spacial score (nSPS) is 9.74. The Kier molecular flexibility index (Phi) is 3.87. The molecule has 96 valence electrons. The fraction of sp³-hybridized carbons (Fsp3) is 0.0714. The zero-order valence-corrected chi connectivity index (χ0v) is 10.3. The van der Waals surface area contributed by atoms with Gasteiger partial charge in [0.15, 0.2) is 0 Å². The number of esters is 1. The lowest BCUT2D eigenvalue weighted by Gasteiger charge is -2.05. The van der Waals surface area contributed by atoms with Crippen LogP contribution in [0.5, 0.6) is 0 Å². The summed E-state index contributed by atoms with van der Waals surface area (Å²) in [5.41, 5.74) is 1.56. The van der Waals surface area contributed by atoms with Crippen molar-refractivity contribution in [2.75, 3.05) is 12.4 Å². The van der Waals surface area contributed by atoms with Gasteiger partial charge in [-0.3, -0.25) is 9.78 Å². The predicted octanol–water partition coefficient (Wildman–Crippen LogP) is 2.12. The van der Waals surface area contributed by atoms with Gasteiger partial charge < -0.3 is 10.1 Å². The van der Waals surface area contributed by atoms with Crippen molar-refractivity contribution in [1.29, 1.82) is 0 Å². The molecule has 0 atom stereocenters. The van der Waals surface area contributed by atoms with Crippen molar-refractivity contribution in [3.05, 3.63) is 59.9 Å². The van der Waals surface area contributed by atoms with Crippen molar-refractivity contribution in [1.82, 2.24) is 4.98 Å². The van der Waals surface area contributed by atoms with E-state index in [0.717, 1.165) is 0 Å². The molecule has 2 rings (SSSR count). The van der Waals surface area contributed by atoms with Crippen LogP contribution in [0.15, 0.2) is 48.8 Å². The first kappa shape index (κ1) is 12.8. The van der Waals surface area contributed by atoms with Gasteiger partial charge in [0.2, 0.25) is 0 Å². The summed E-state index contributed by atoms with van der Waals surface area (Å²) in [6.07, 6.45) is 3.10. The number of hydrogen-bond acceptors (Lipinski definition) is 4. The molecule has 0 radical (unpaired) electrons. The summed E-state index contributed by atoms with van der Waals surface area (Å²) in [5, 5.41) is 2.72. The molecule has 0 saturated carbocycles. The zero-order chi connectivity index (χ0) is 13.7. The molecule has 0 aliphatic heterocycles. The Balaban J connectivity index is 2.08. The van der Waals surface area contributed by atoms with E-state index >= 15 is 0 Å². The van der Waals surface area contributed by atoms with E-state index in [1.54, 1.807) is 48.8 Å². The molecule has 0 spiro atoms. The number of carbonyl (C=O) groups excluding carboxylic acids is 2. The van der Waals surface area contributed by atoms with Gasteiger partial charge in [0, 0.05) is 23.6 Å². The molecular weight excluding hydrogens is 244 g/mol. The van der Waals surface area contributed by atoms with Crippen molar-refractivity contribution >= 4 is 17.6 Å². The number of rotatable bonds is 3. The van der Waals surface area contributed by atoms with Crippen molar-refractivity contribution in [3.63, 3.8) is 0 Å². The molecule has 2 aromatic rings. The summed E-state index contributed by atoms with van der Waals surface area (Å²) >= 11 is 0. The van der Waals surface area contributed by atoms with E-state index in [1.165, 1.54) is 7.11 Å². The van der Waals surface area contributed by atoms with Gasteiger partial charge in [-0.25, -0.2) is 4.79 Å². The second kappa shape index (κ2) is 5.77. The fourth-order valence-electron chi connectivity index (χ4n) is 1.51. The second-order valence-electron chi connectivity index (χ2n) is 3.76. The van der Waals surface area contributed by atoms with Crippen LogP contribution >= 0.6 is 0 Å². The summed E-state index contributed by atoms with van der Waals surface area (Å²) in [6, 6.07) is 9.72. The summed E-state index contributed by atoms with van der Waals surface area (Å²) in [7, 11) is 1.32. The van der Waals surface area contributed by atoms with Crippen molar-refractivity contribution in [2.24, 2.45) is 0 Å². The molecule has 5 heteroatoms. The van der Waals surface area contributed by atoms with Crippen LogP contribution in [-0.4, -0.2) is 24.0 Å². The monoisotopic (exact) mass is 256 g/mol.